The van der Waals surface area contributed by atoms with E-state index in [1.165, 1.54) is 6.33 Å². The first kappa shape index (κ1) is 16.9. The monoisotopic (exact) mass is 332 g/mol. The number of aliphatic hydroxyl groups is 1. The maximum Gasteiger partial charge on any atom is 0.162 e. The molecule has 24 heavy (non-hydrogen) atoms. The summed E-state index contributed by atoms with van der Waals surface area (Å²) in [6, 6.07) is 1.94. The lowest BCUT2D eigenvalue weighted by Gasteiger charge is -2.29. The second kappa shape index (κ2) is 6.16. The van der Waals surface area contributed by atoms with Gasteiger partial charge in [-0.3, -0.25) is 0 Å². The molecule has 3 rings (SSSR count). The van der Waals surface area contributed by atoms with Crippen molar-refractivity contribution in [3.05, 3.63) is 31.2 Å². The van der Waals surface area contributed by atoms with Crippen molar-refractivity contribution in [3.63, 3.8) is 0 Å². The lowest BCUT2D eigenvalue weighted by molar-refractivity contribution is -0.227. The number of anilines is 1. The molecule has 0 bridgehead atoms. The summed E-state index contributed by atoms with van der Waals surface area (Å²) >= 11 is 0. The average molecular weight is 332 g/mol. The van der Waals surface area contributed by atoms with Crippen molar-refractivity contribution in [2.45, 2.75) is 45.0 Å². The van der Waals surface area contributed by atoms with E-state index in [9.17, 15) is 5.11 Å². The van der Waals surface area contributed by atoms with Gasteiger partial charge in [0.25, 0.3) is 0 Å². The molecule has 0 aromatic carbocycles. The molecule has 2 N–H and O–H groups in total. The van der Waals surface area contributed by atoms with E-state index in [-0.39, 0.29) is 18.1 Å². The summed E-state index contributed by atoms with van der Waals surface area (Å²) in [6.45, 7) is 9.11. The molecule has 4 atom stereocenters. The van der Waals surface area contributed by atoms with E-state index in [4.69, 9.17) is 9.47 Å². The third kappa shape index (κ3) is 2.90. The highest BCUT2D eigenvalue weighted by atomic mass is 16.7. The molecule has 0 amide bonds. The van der Waals surface area contributed by atoms with Crippen LogP contribution in [0.2, 0.25) is 0 Å². The van der Waals surface area contributed by atoms with E-state index < -0.39 is 12.0 Å². The molecular weight excluding hydrogens is 308 g/mol. The van der Waals surface area contributed by atoms with Gasteiger partial charge in [-0.15, -0.1) is 6.58 Å². The van der Waals surface area contributed by atoms with Gasteiger partial charge in [0.05, 0.1) is 11.5 Å². The van der Waals surface area contributed by atoms with Gasteiger partial charge in [-0.05, 0) is 19.9 Å². The van der Waals surface area contributed by atoms with Gasteiger partial charge < -0.3 is 24.5 Å². The van der Waals surface area contributed by atoms with Gasteiger partial charge in [-0.2, -0.15) is 0 Å². The molecule has 3 heterocycles. The van der Waals surface area contributed by atoms with Crippen LogP contribution in [-0.4, -0.2) is 44.7 Å². The van der Waals surface area contributed by atoms with Crippen molar-refractivity contribution >= 4 is 16.9 Å². The largest absolute Gasteiger partial charge is 0.372 e. The lowest BCUT2D eigenvalue weighted by Crippen LogP contribution is -2.36. The van der Waals surface area contributed by atoms with Crippen LogP contribution < -0.4 is 5.32 Å². The molecule has 0 radical (unpaired) electrons. The van der Waals surface area contributed by atoms with Crippen LogP contribution in [0.15, 0.2) is 31.2 Å². The molecule has 1 fully saturated rings. The highest BCUT2D eigenvalue weighted by molar-refractivity contribution is 5.87. The Morgan fingerprint density at radius 1 is 1.46 bits per heavy atom. The fraction of sp³-hybridized carbons (Fsp3) is 0.529. The molecular formula is C17H24N4O3. The van der Waals surface area contributed by atoms with E-state index in [2.05, 4.69) is 21.9 Å². The summed E-state index contributed by atoms with van der Waals surface area (Å²) in [5.41, 5.74) is 0.751. The van der Waals surface area contributed by atoms with Gasteiger partial charge in [-0.25, -0.2) is 9.97 Å². The number of nitrogens with one attached hydrogen (secondary N) is 1. The van der Waals surface area contributed by atoms with Gasteiger partial charge >= 0.3 is 0 Å². The number of nitrogens with zero attached hydrogens (tertiary/aromatic N) is 3. The first-order valence-electron chi connectivity index (χ1n) is 8.03. The van der Waals surface area contributed by atoms with Crippen LogP contribution in [0, 0.1) is 5.92 Å². The van der Waals surface area contributed by atoms with Gasteiger partial charge in [0.2, 0.25) is 0 Å². The Kier molecular flexibility index (Phi) is 4.33. The SMILES string of the molecule is C=C[C@H]1O[C@@H](n2ccc3c(NC)ncnc32)[C@H](OC(C)(C)O)[C@@H]1C. The normalized spacial score (nSPS) is 27.5. The Morgan fingerprint density at radius 2 is 2.21 bits per heavy atom. The quantitative estimate of drug-likeness (QED) is 0.646. The third-order valence-electron chi connectivity index (χ3n) is 4.29. The van der Waals surface area contributed by atoms with E-state index in [0.717, 1.165) is 16.9 Å². The van der Waals surface area contributed by atoms with Crippen LogP contribution in [-0.2, 0) is 9.47 Å². The summed E-state index contributed by atoms with van der Waals surface area (Å²) in [6.07, 6.45) is 4.28. The lowest BCUT2D eigenvalue weighted by atomic mass is 10.00. The zero-order valence-corrected chi connectivity index (χ0v) is 14.4. The van der Waals surface area contributed by atoms with Crippen molar-refractivity contribution in [1.82, 2.24) is 14.5 Å². The molecule has 0 saturated carbocycles. The van der Waals surface area contributed by atoms with Crippen LogP contribution in [0.3, 0.4) is 0 Å². The van der Waals surface area contributed by atoms with Crippen LogP contribution >= 0.6 is 0 Å². The van der Waals surface area contributed by atoms with Gasteiger partial charge in [0.15, 0.2) is 12.0 Å². The molecule has 7 heteroatoms. The highest BCUT2D eigenvalue weighted by Gasteiger charge is 2.45. The molecule has 1 saturated heterocycles. The summed E-state index contributed by atoms with van der Waals surface area (Å²) in [7, 11) is 1.82. The number of rotatable bonds is 5. The fourth-order valence-electron chi connectivity index (χ4n) is 3.18. The Morgan fingerprint density at radius 3 is 2.83 bits per heavy atom. The van der Waals surface area contributed by atoms with Crippen LogP contribution in [0.5, 0.6) is 0 Å². The Labute approximate surface area is 141 Å². The first-order chi connectivity index (χ1) is 11.4. The van der Waals surface area contributed by atoms with Gasteiger partial charge in [0, 0.05) is 19.2 Å². The number of ether oxygens (including phenoxy) is 2. The van der Waals surface area contributed by atoms with Crippen molar-refractivity contribution < 1.29 is 14.6 Å². The number of aromatic nitrogens is 3. The molecule has 1 aliphatic heterocycles. The van der Waals surface area contributed by atoms with Crippen LogP contribution in [0.25, 0.3) is 11.0 Å². The van der Waals surface area contributed by atoms with Gasteiger partial charge in [0.1, 0.15) is 23.9 Å². The fourth-order valence-corrected chi connectivity index (χ4v) is 3.18. The Balaban J connectivity index is 2.04. The molecule has 1 aliphatic rings. The summed E-state index contributed by atoms with van der Waals surface area (Å²) in [5.74, 6) is -0.461. The zero-order valence-electron chi connectivity index (χ0n) is 14.4. The molecule has 130 valence electrons. The highest BCUT2D eigenvalue weighted by Crippen LogP contribution is 2.40. The number of hydrogen-bond donors (Lipinski definition) is 2. The summed E-state index contributed by atoms with van der Waals surface area (Å²) < 4.78 is 13.9. The van der Waals surface area contributed by atoms with Crippen molar-refractivity contribution in [1.29, 1.82) is 0 Å². The van der Waals surface area contributed by atoms with Crippen LogP contribution in [0.1, 0.15) is 27.0 Å². The van der Waals surface area contributed by atoms with E-state index in [1.807, 2.05) is 30.8 Å². The van der Waals surface area contributed by atoms with Crippen molar-refractivity contribution in [2.24, 2.45) is 5.92 Å². The van der Waals surface area contributed by atoms with E-state index in [0.29, 0.717) is 0 Å². The molecule has 0 spiro atoms. The predicted molar refractivity (Wildman–Crippen MR) is 91.5 cm³/mol. The number of hydrogen-bond acceptors (Lipinski definition) is 6. The molecule has 0 unspecified atom stereocenters. The zero-order chi connectivity index (χ0) is 17.5. The van der Waals surface area contributed by atoms with E-state index >= 15 is 0 Å². The average Bonchev–Trinajstić information content (AvgIpc) is 3.08. The maximum absolute atomic E-state index is 10.1. The smallest absolute Gasteiger partial charge is 0.162 e. The Hall–Kier alpha value is -1.96. The van der Waals surface area contributed by atoms with E-state index in [1.54, 1.807) is 19.9 Å². The summed E-state index contributed by atoms with van der Waals surface area (Å²) in [5, 5.41) is 14.1. The minimum atomic E-state index is -1.26. The molecule has 0 aliphatic carbocycles. The predicted octanol–water partition coefficient (Wildman–Crippen LogP) is 2.31. The second-order valence-corrected chi connectivity index (χ2v) is 6.55. The van der Waals surface area contributed by atoms with Crippen LogP contribution in [0.4, 0.5) is 5.82 Å². The minimum absolute atomic E-state index is 0.0435. The second-order valence-electron chi connectivity index (χ2n) is 6.55. The Bertz CT molecular complexity index is 737. The first-order valence-corrected chi connectivity index (χ1v) is 8.03. The maximum atomic E-state index is 10.1. The standard InChI is InChI=1S/C17H24N4O3/c1-6-12-10(2)13(24-17(3,4)22)16(23-12)21-8-7-11-14(18-5)19-9-20-15(11)21/h6-10,12-13,16,22H,1H2,2-5H3,(H,18,19,20)/t10-,12-,13-,16-/m1/s1. The third-order valence-corrected chi connectivity index (χ3v) is 4.29. The van der Waals surface area contributed by atoms with Crippen molar-refractivity contribution in [3.8, 4) is 0 Å². The van der Waals surface area contributed by atoms with Gasteiger partial charge in [-0.1, -0.05) is 13.0 Å². The number of fused-ring (bicyclic) bond motifs is 1. The summed E-state index contributed by atoms with van der Waals surface area (Å²) in [4.78, 5) is 8.62. The molecule has 7 nitrogen and oxygen atoms in total. The molecule has 2 aromatic heterocycles. The minimum Gasteiger partial charge on any atom is -0.372 e. The molecule has 2 aromatic rings. The topological polar surface area (TPSA) is 81.4 Å². The van der Waals surface area contributed by atoms with Crippen molar-refractivity contribution in [2.75, 3.05) is 12.4 Å².